The molecule has 2 bridgehead atoms. The van der Waals surface area contributed by atoms with Gasteiger partial charge in [0.15, 0.2) is 0 Å². The van der Waals surface area contributed by atoms with Crippen LogP contribution in [0.15, 0.2) is 36.4 Å². The van der Waals surface area contributed by atoms with Crippen LogP contribution >= 0.6 is 0 Å². The molecule has 1 aliphatic rings. The number of nitrogens with one attached hydrogen (secondary N) is 4. The Kier molecular flexibility index (Phi) is 11.3. The number of unbranched alkanes of at least 4 members (excludes halogenated alkanes) is 2. The van der Waals surface area contributed by atoms with Crippen LogP contribution in [0.25, 0.3) is 0 Å². The second-order valence-electron chi connectivity index (χ2n) is 9.40. The largest absolute Gasteiger partial charge is 0.497 e. The summed E-state index contributed by atoms with van der Waals surface area (Å²) in [6.45, 7) is 2.01. The molecule has 0 saturated carbocycles. The first kappa shape index (κ1) is 29.6. The van der Waals surface area contributed by atoms with Gasteiger partial charge in [-0.15, -0.1) is 0 Å². The number of methoxy groups -OCH3 is 1. The molecule has 4 amide bonds. The summed E-state index contributed by atoms with van der Waals surface area (Å²) in [4.78, 5) is 49.2. The summed E-state index contributed by atoms with van der Waals surface area (Å²) in [6.07, 6.45) is 3.04. The summed E-state index contributed by atoms with van der Waals surface area (Å²) in [7, 11) is 1.55. The first-order valence-corrected chi connectivity index (χ1v) is 13.0. The maximum Gasteiger partial charge on any atom is 0.255 e. The molecule has 0 saturated heterocycles. The van der Waals surface area contributed by atoms with E-state index >= 15 is 0 Å². The summed E-state index contributed by atoms with van der Waals surface area (Å²) in [6, 6.07) is 10.5. The third-order valence-electron chi connectivity index (χ3n) is 6.31. The topological polar surface area (TPSA) is 155 Å². The number of hydrogen-bond acceptors (Lipinski definition) is 7. The molecule has 39 heavy (non-hydrogen) atoms. The van der Waals surface area contributed by atoms with E-state index in [-0.39, 0.29) is 30.7 Å². The average Bonchev–Trinajstić information content (AvgIpc) is 2.92. The summed E-state index contributed by atoms with van der Waals surface area (Å²) < 4.78 is 11.4. The van der Waals surface area contributed by atoms with Crippen LogP contribution in [-0.2, 0) is 32.1 Å². The number of carbonyl (C=O) groups is 4. The Bertz CT molecular complexity index is 1180. The molecule has 0 unspecified atom stereocenters. The number of anilines is 2. The van der Waals surface area contributed by atoms with Crippen LogP contribution in [0.1, 0.15) is 66.9 Å². The van der Waals surface area contributed by atoms with E-state index in [0.717, 1.165) is 11.1 Å². The zero-order valence-electron chi connectivity index (χ0n) is 22.3. The van der Waals surface area contributed by atoms with Crippen molar-refractivity contribution in [3.05, 3.63) is 53.1 Å². The minimum atomic E-state index is -0.747. The van der Waals surface area contributed by atoms with Gasteiger partial charge in [0.1, 0.15) is 11.9 Å². The first-order valence-electron chi connectivity index (χ1n) is 13.0. The predicted octanol–water partition coefficient (Wildman–Crippen LogP) is 3.31. The Morgan fingerprint density at radius 2 is 1.90 bits per heavy atom. The Hall–Kier alpha value is -3.96. The third kappa shape index (κ3) is 9.38. The number of rotatable bonds is 9. The van der Waals surface area contributed by atoms with Crippen LogP contribution in [0.2, 0.25) is 0 Å². The number of fused-ring (bicyclic) bond motifs is 3. The predicted molar refractivity (Wildman–Crippen MR) is 145 cm³/mol. The molecule has 5 N–H and O–H groups in total. The number of hydroxylamine groups is 1. The quantitative estimate of drug-likeness (QED) is 0.186. The lowest BCUT2D eigenvalue weighted by molar-refractivity contribution is -0.129. The van der Waals surface area contributed by atoms with E-state index in [0.29, 0.717) is 67.8 Å². The molecule has 0 spiro atoms. The number of aryl methyl sites for hydroxylation is 1. The van der Waals surface area contributed by atoms with E-state index in [1.165, 1.54) is 6.92 Å². The Balaban J connectivity index is 1.86. The lowest BCUT2D eigenvalue weighted by Gasteiger charge is -2.21. The van der Waals surface area contributed by atoms with Crippen molar-refractivity contribution in [2.24, 2.45) is 0 Å². The van der Waals surface area contributed by atoms with Crippen molar-refractivity contribution in [2.75, 3.05) is 24.4 Å². The van der Waals surface area contributed by atoms with E-state index in [2.05, 4.69) is 16.0 Å². The van der Waals surface area contributed by atoms with Crippen molar-refractivity contribution in [3.8, 4) is 5.75 Å². The van der Waals surface area contributed by atoms with Gasteiger partial charge in [0.05, 0.1) is 18.5 Å². The van der Waals surface area contributed by atoms with Crippen molar-refractivity contribution < 1.29 is 33.9 Å². The third-order valence-corrected chi connectivity index (χ3v) is 6.31. The lowest BCUT2D eigenvalue weighted by atomic mass is 10.0. The van der Waals surface area contributed by atoms with Crippen molar-refractivity contribution in [2.45, 2.75) is 64.5 Å². The van der Waals surface area contributed by atoms with Gasteiger partial charge in [-0.05, 0) is 67.1 Å². The number of hydrogen-bond donors (Lipinski definition) is 5. The van der Waals surface area contributed by atoms with Gasteiger partial charge in [0.2, 0.25) is 11.8 Å². The van der Waals surface area contributed by atoms with Crippen LogP contribution in [0, 0.1) is 0 Å². The highest BCUT2D eigenvalue weighted by molar-refractivity contribution is 6.08. The molecule has 1 heterocycles. The zero-order valence-corrected chi connectivity index (χ0v) is 22.3. The van der Waals surface area contributed by atoms with Crippen LogP contribution < -0.4 is 26.2 Å². The summed E-state index contributed by atoms with van der Waals surface area (Å²) >= 11 is 0. The smallest absolute Gasteiger partial charge is 0.255 e. The molecule has 0 aliphatic carbocycles. The van der Waals surface area contributed by atoms with Crippen molar-refractivity contribution in [1.82, 2.24) is 10.8 Å². The molecule has 2 aromatic carbocycles. The molecular weight excluding hydrogens is 504 g/mol. The number of amides is 4. The van der Waals surface area contributed by atoms with Gasteiger partial charge in [-0.2, -0.15) is 0 Å². The lowest BCUT2D eigenvalue weighted by Crippen LogP contribution is -2.31. The Morgan fingerprint density at radius 1 is 1.08 bits per heavy atom. The van der Waals surface area contributed by atoms with Gasteiger partial charge in [0, 0.05) is 32.1 Å². The van der Waals surface area contributed by atoms with Crippen molar-refractivity contribution >= 4 is 35.0 Å². The van der Waals surface area contributed by atoms with E-state index < -0.39 is 12.0 Å². The first-order chi connectivity index (χ1) is 18.8. The molecule has 1 aliphatic heterocycles. The van der Waals surface area contributed by atoms with Gasteiger partial charge in [-0.1, -0.05) is 18.9 Å². The minimum absolute atomic E-state index is 0.189. The Morgan fingerprint density at radius 3 is 2.64 bits per heavy atom. The SMILES string of the molecule is COc1cc2cc(c1)C(=O)Nc1ccc(CNC(C)=O)cc1NC(=O)[C@@H](CCCCCC(=O)NO)OCCC2. The molecule has 11 nitrogen and oxygen atoms in total. The molecule has 0 radical (unpaired) electrons. The summed E-state index contributed by atoms with van der Waals surface area (Å²) in [5.74, 6) is -0.773. The summed E-state index contributed by atoms with van der Waals surface area (Å²) in [5.41, 5.74) is 4.47. The van der Waals surface area contributed by atoms with Crippen LogP contribution in [0.5, 0.6) is 5.75 Å². The average molecular weight is 541 g/mol. The van der Waals surface area contributed by atoms with E-state index in [1.807, 2.05) is 12.1 Å². The van der Waals surface area contributed by atoms with Gasteiger partial charge in [0.25, 0.3) is 11.8 Å². The molecule has 0 fully saturated rings. The fourth-order valence-electron chi connectivity index (χ4n) is 4.24. The molecular formula is C28H36N4O7. The van der Waals surface area contributed by atoms with Crippen LogP contribution in [0.4, 0.5) is 11.4 Å². The number of benzene rings is 2. The fraction of sp³-hybridized carbons (Fsp3) is 0.429. The standard InChI is InChI=1S/C28H36N4O7/c1-18(33)29-17-20-10-11-23-24(15-20)31-28(36)25(8-4-3-5-9-26(34)32-37)39-12-6-7-19-13-21(27(35)30-23)16-22(14-19)38-2/h10-11,13-16,25,37H,3-9,12,17H2,1-2H3,(H,29,33)(H,30,35)(H,31,36)(H,32,34)/t25-/m1/s1. The van der Waals surface area contributed by atoms with Gasteiger partial charge < -0.3 is 25.4 Å². The second kappa shape index (κ2) is 14.8. The highest BCUT2D eigenvalue weighted by Gasteiger charge is 2.22. The van der Waals surface area contributed by atoms with Crippen molar-refractivity contribution in [3.63, 3.8) is 0 Å². The fourth-order valence-corrected chi connectivity index (χ4v) is 4.24. The molecule has 3 rings (SSSR count). The second-order valence-corrected chi connectivity index (χ2v) is 9.40. The zero-order chi connectivity index (χ0) is 28.2. The number of ether oxygens (including phenoxy) is 2. The van der Waals surface area contributed by atoms with Crippen LogP contribution in [0.3, 0.4) is 0 Å². The highest BCUT2D eigenvalue weighted by Crippen LogP contribution is 2.27. The normalized spacial score (nSPS) is 15.7. The molecule has 210 valence electrons. The molecule has 11 heteroatoms. The van der Waals surface area contributed by atoms with Gasteiger partial charge >= 0.3 is 0 Å². The van der Waals surface area contributed by atoms with E-state index in [4.69, 9.17) is 14.7 Å². The maximum absolute atomic E-state index is 13.3. The minimum Gasteiger partial charge on any atom is -0.497 e. The molecule has 0 aromatic heterocycles. The van der Waals surface area contributed by atoms with E-state index in [1.54, 1.807) is 36.9 Å². The molecule has 2 aromatic rings. The summed E-state index contributed by atoms with van der Waals surface area (Å²) in [5, 5.41) is 17.1. The molecule has 1 atom stereocenters. The van der Waals surface area contributed by atoms with Gasteiger partial charge in [-0.25, -0.2) is 5.48 Å². The van der Waals surface area contributed by atoms with Crippen LogP contribution in [-0.4, -0.2) is 48.7 Å². The van der Waals surface area contributed by atoms with Gasteiger partial charge in [-0.3, -0.25) is 24.4 Å². The monoisotopic (exact) mass is 540 g/mol. The number of carbonyl (C=O) groups excluding carboxylic acids is 4. The highest BCUT2D eigenvalue weighted by atomic mass is 16.5. The van der Waals surface area contributed by atoms with E-state index in [9.17, 15) is 19.2 Å². The maximum atomic E-state index is 13.3. The Labute approximate surface area is 227 Å². The van der Waals surface area contributed by atoms with Crippen molar-refractivity contribution in [1.29, 1.82) is 0 Å².